The van der Waals surface area contributed by atoms with Gasteiger partial charge >= 0.3 is 6.09 Å². The average Bonchev–Trinajstić information content (AvgIpc) is 3.06. The molecular formula is C18H26N4O6. The number of hydrogen-bond acceptors (Lipinski definition) is 7. The normalized spacial score (nSPS) is 16.5. The highest BCUT2D eigenvalue weighted by molar-refractivity contribution is 5.97. The van der Waals surface area contributed by atoms with Gasteiger partial charge in [-0.15, -0.1) is 0 Å². The molecule has 10 heteroatoms. The SMILES string of the molecule is CNc1c(OC)cc(C(=O)N2CC[C@@H](OC(=O)NC(C)(C)C)C2)cc1[N+](=O)[O-]. The van der Waals surface area contributed by atoms with Crippen molar-refractivity contribution < 1.29 is 24.0 Å². The van der Waals surface area contributed by atoms with Gasteiger partial charge in [0.25, 0.3) is 11.6 Å². The van der Waals surface area contributed by atoms with Gasteiger partial charge in [0.2, 0.25) is 0 Å². The summed E-state index contributed by atoms with van der Waals surface area (Å²) in [5.74, 6) is -0.178. The maximum absolute atomic E-state index is 12.8. The largest absolute Gasteiger partial charge is 0.494 e. The van der Waals surface area contributed by atoms with Crippen LogP contribution in [0.15, 0.2) is 12.1 Å². The van der Waals surface area contributed by atoms with Crippen LogP contribution in [-0.4, -0.2) is 60.7 Å². The summed E-state index contributed by atoms with van der Waals surface area (Å²) in [5.41, 5.74) is -0.329. The molecule has 1 atom stereocenters. The first kappa shape index (κ1) is 21.3. The molecule has 10 nitrogen and oxygen atoms in total. The second-order valence-corrected chi connectivity index (χ2v) is 7.52. The Hall–Kier alpha value is -3.04. The van der Waals surface area contributed by atoms with Crippen LogP contribution in [0.4, 0.5) is 16.2 Å². The molecule has 154 valence electrons. The van der Waals surface area contributed by atoms with Crippen LogP contribution in [0.25, 0.3) is 0 Å². The monoisotopic (exact) mass is 394 g/mol. The molecule has 1 aromatic carbocycles. The van der Waals surface area contributed by atoms with Gasteiger partial charge in [-0.3, -0.25) is 14.9 Å². The Balaban J connectivity index is 2.13. The van der Waals surface area contributed by atoms with E-state index in [4.69, 9.17) is 9.47 Å². The van der Waals surface area contributed by atoms with E-state index in [-0.39, 0.29) is 35.1 Å². The molecule has 0 unspecified atom stereocenters. The first-order valence-electron chi connectivity index (χ1n) is 8.88. The number of likely N-dealkylation sites (tertiary alicyclic amines) is 1. The topological polar surface area (TPSA) is 123 Å². The van der Waals surface area contributed by atoms with Crippen molar-refractivity contribution in [2.24, 2.45) is 0 Å². The minimum absolute atomic E-state index is 0.141. The van der Waals surface area contributed by atoms with Gasteiger partial charge in [0.1, 0.15) is 11.9 Å². The summed E-state index contributed by atoms with van der Waals surface area (Å²) in [6.07, 6.45) is -0.473. The van der Waals surface area contributed by atoms with Crippen molar-refractivity contribution in [3.63, 3.8) is 0 Å². The summed E-state index contributed by atoms with van der Waals surface area (Å²) in [5, 5.41) is 16.8. The van der Waals surface area contributed by atoms with Crippen LogP contribution in [0.2, 0.25) is 0 Å². The number of carbonyl (C=O) groups excluding carboxylic acids is 2. The Morgan fingerprint density at radius 3 is 2.54 bits per heavy atom. The van der Waals surface area contributed by atoms with E-state index in [9.17, 15) is 19.7 Å². The highest BCUT2D eigenvalue weighted by atomic mass is 16.6. The molecule has 1 aliphatic rings. The zero-order valence-corrected chi connectivity index (χ0v) is 16.7. The third kappa shape index (κ3) is 5.02. The highest BCUT2D eigenvalue weighted by Gasteiger charge is 2.32. The van der Waals surface area contributed by atoms with Gasteiger partial charge in [-0.2, -0.15) is 0 Å². The second kappa shape index (κ2) is 8.32. The van der Waals surface area contributed by atoms with Crippen LogP contribution in [0.1, 0.15) is 37.6 Å². The molecule has 1 heterocycles. The number of nitrogens with one attached hydrogen (secondary N) is 2. The van der Waals surface area contributed by atoms with Crippen molar-refractivity contribution >= 4 is 23.4 Å². The molecule has 1 saturated heterocycles. The standard InChI is InChI=1S/C18H26N4O6/c1-18(2,3)20-17(24)28-12-6-7-21(10-12)16(23)11-8-13(22(25)26)15(19-4)14(9-11)27-5/h8-9,12,19H,6-7,10H2,1-5H3,(H,20,24)/t12-/m1/s1. The fourth-order valence-corrected chi connectivity index (χ4v) is 2.96. The van der Waals surface area contributed by atoms with E-state index >= 15 is 0 Å². The van der Waals surface area contributed by atoms with Gasteiger partial charge in [-0.1, -0.05) is 0 Å². The number of hydrogen-bond donors (Lipinski definition) is 2. The summed E-state index contributed by atoms with van der Waals surface area (Å²) in [7, 11) is 2.92. The van der Waals surface area contributed by atoms with Gasteiger partial charge in [0.05, 0.1) is 24.1 Å². The van der Waals surface area contributed by atoms with Gasteiger partial charge in [0.15, 0.2) is 5.69 Å². The number of nitro benzene ring substituents is 1. The molecule has 0 spiro atoms. The van der Waals surface area contributed by atoms with E-state index < -0.39 is 22.7 Å². The summed E-state index contributed by atoms with van der Waals surface area (Å²) < 4.78 is 10.5. The Morgan fingerprint density at radius 1 is 1.32 bits per heavy atom. The van der Waals surface area contributed by atoms with E-state index in [2.05, 4.69) is 10.6 Å². The number of nitrogens with zero attached hydrogens (tertiary/aromatic N) is 2. The van der Waals surface area contributed by atoms with E-state index in [0.29, 0.717) is 13.0 Å². The van der Waals surface area contributed by atoms with E-state index in [1.165, 1.54) is 31.2 Å². The van der Waals surface area contributed by atoms with Crippen LogP contribution in [0.5, 0.6) is 5.75 Å². The number of anilines is 1. The Kier molecular flexibility index (Phi) is 6.32. The lowest BCUT2D eigenvalue weighted by Crippen LogP contribution is -2.42. The fourth-order valence-electron chi connectivity index (χ4n) is 2.96. The quantitative estimate of drug-likeness (QED) is 0.580. The van der Waals surface area contributed by atoms with Crippen molar-refractivity contribution in [2.75, 3.05) is 32.6 Å². The lowest BCUT2D eigenvalue weighted by molar-refractivity contribution is -0.384. The van der Waals surface area contributed by atoms with Crippen LogP contribution >= 0.6 is 0 Å². The molecule has 2 N–H and O–H groups in total. The zero-order valence-electron chi connectivity index (χ0n) is 16.7. The molecular weight excluding hydrogens is 368 g/mol. The maximum atomic E-state index is 12.8. The third-order valence-corrected chi connectivity index (χ3v) is 4.18. The Morgan fingerprint density at radius 2 is 2.00 bits per heavy atom. The number of carbonyl (C=O) groups is 2. The molecule has 28 heavy (non-hydrogen) atoms. The van der Waals surface area contributed by atoms with Crippen molar-refractivity contribution in [3.05, 3.63) is 27.8 Å². The summed E-state index contributed by atoms with van der Waals surface area (Å²) in [4.78, 5) is 37.0. The minimum Gasteiger partial charge on any atom is -0.494 e. The number of ether oxygens (including phenoxy) is 2. The molecule has 0 aromatic heterocycles. The molecule has 1 fully saturated rings. The van der Waals surface area contributed by atoms with Crippen LogP contribution in [0.3, 0.4) is 0 Å². The van der Waals surface area contributed by atoms with Crippen molar-refractivity contribution in [1.82, 2.24) is 10.2 Å². The first-order chi connectivity index (χ1) is 13.1. The molecule has 0 radical (unpaired) electrons. The number of alkyl carbamates (subject to hydrolysis) is 1. The lowest BCUT2D eigenvalue weighted by atomic mass is 10.1. The summed E-state index contributed by atoms with van der Waals surface area (Å²) >= 11 is 0. The number of amides is 2. The molecule has 1 aromatic rings. The van der Waals surface area contributed by atoms with E-state index in [1.54, 1.807) is 0 Å². The predicted octanol–water partition coefficient (Wildman–Crippen LogP) is 2.38. The molecule has 0 bridgehead atoms. The first-order valence-corrected chi connectivity index (χ1v) is 8.88. The lowest BCUT2D eigenvalue weighted by Gasteiger charge is -2.22. The van der Waals surface area contributed by atoms with Crippen LogP contribution in [-0.2, 0) is 4.74 Å². The van der Waals surface area contributed by atoms with Gasteiger partial charge in [-0.05, 0) is 26.8 Å². The van der Waals surface area contributed by atoms with E-state index in [1.807, 2.05) is 20.8 Å². The zero-order chi connectivity index (χ0) is 21.1. The van der Waals surface area contributed by atoms with Crippen molar-refractivity contribution in [1.29, 1.82) is 0 Å². The Labute approximate surface area is 163 Å². The summed E-state index contributed by atoms with van der Waals surface area (Å²) in [6.45, 7) is 6.13. The number of nitro groups is 1. The molecule has 0 saturated carbocycles. The second-order valence-electron chi connectivity index (χ2n) is 7.52. The number of methoxy groups -OCH3 is 1. The molecule has 1 aliphatic heterocycles. The summed E-state index contributed by atoms with van der Waals surface area (Å²) in [6, 6.07) is 2.68. The van der Waals surface area contributed by atoms with Crippen molar-refractivity contribution in [2.45, 2.75) is 38.8 Å². The van der Waals surface area contributed by atoms with Crippen LogP contribution in [0, 0.1) is 10.1 Å². The van der Waals surface area contributed by atoms with E-state index in [0.717, 1.165) is 0 Å². The third-order valence-electron chi connectivity index (χ3n) is 4.18. The van der Waals surface area contributed by atoms with Gasteiger partial charge in [-0.25, -0.2) is 4.79 Å². The fraction of sp³-hybridized carbons (Fsp3) is 0.556. The number of rotatable bonds is 5. The Bertz CT molecular complexity index is 774. The van der Waals surface area contributed by atoms with Gasteiger partial charge in [0, 0.05) is 31.6 Å². The predicted molar refractivity (Wildman–Crippen MR) is 103 cm³/mol. The van der Waals surface area contributed by atoms with Gasteiger partial charge < -0.3 is 25.0 Å². The maximum Gasteiger partial charge on any atom is 0.407 e. The molecule has 2 rings (SSSR count). The smallest absolute Gasteiger partial charge is 0.407 e. The average molecular weight is 394 g/mol. The molecule has 0 aliphatic carbocycles. The highest BCUT2D eigenvalue weighted by Crippen LogP contribution is 2.36. The van der Waals surface area contributed by atoms with Crippen LogP contribution < -0.4 is 15.4 Å². The number of benzene rings is 1. The molecule has 2 amide bonds. The minimum atomic E-state index is -0.572. The van der Waals surface area contributed by atoms with Crippen molar-refractivity contribution in [3.8, 4) is 5.75 Å².